The Bertz CT molecular complexity index is 627. The lowest BCUT2D eigenvalue weighted by atomic mass is 10.3. The van der Waals surface area contributed by atoms with E-state index in [-0.39, 0.29) is 10.9 Å². The molecule has 1 N–H and O–H groups in total. The fourth-order valence-corrected chi connectivity index (χ4v) is 4.28. The summed E-state index contributed by atoms with van der Waals surface area (Å²) < 4.78 is 32.3. The van der Waals surface area contributed by atoms with E-state index in [0.29, 0.717) is 17.9 Å². The summed E-state index contributed by atoms with van der Waals surface area (Å²) in [7, 11) is -3.66. The van der Waals surface area contributed by atoms with E-state index in [4.69, 9.17) is 4.52 Å². The number of hydrogen-bond acceptors (Lipinski definition) is 6. The first-order chi connectivity index (χ1) is 8.95. The molecule has 0 amide bonds. The fraction of sp³-hybridized carbons (Fsp3) is 0.455. The summed E-state index contributed by atoms with van der Waals surface area (Å²) in [4.78, 5) is 4.26. The number of hydrogen-bond donors (Lipinski definition) is 1. The van der Waals surface area contributed by atoms with E-state index in [9.17, 15) is 8.42 Å². The van der Waals surface area contributed by atoms with Crippen molar-refractivity contribution in [1.82, 2.24) is 14.9 Å². The molecule has 0 bridgehead atoms. The van der Waals surface area contributed by atoms with Gasteiger partial charge in [0.1, 0.15) is 15.6 Å². The second-order valence-electron chi connectivity index (χ2n) is 4.11. The smallest absolute Gasteiger partial charge is 0.246 e. The quantitative estimate of drug-likeness (QED) is 0.915. The number of nitrogens with zero attached hydrogens (tertiary/aromatic N) is 2. The van der Waals surface area contributed by atoms with Crippen LogP contribution < -0.4 is 4.72 Å². The summed E-state index contributed by atoms with van der Waals surface area (Å²) in [6.07, 6.45) is 2.28. The van der Waals surface area contributed by atoms with Crippen LogP contribution in [0.5, 0.6) is 0 Å². The third-order valence-electron chi connectivity index (χ3n) is 2.69. The van der Waals surface area contributed by atoms with Crippen LogP contribution in [0, 0.1) is 13.8 Å². The fourth-order valence-electron chi connectivity index (χ4n) is 1.82. The monoisotopic (exact) mass is 301 g/mol. The van der Waals surface area contributed by atoms with Gasteiger partial charge in [-0.3, -0.25) is 0 Å². The van der Waals surface area contributed by atoms with Gasteiger partial charge in [-0.15, -0.1) is 11.3 Å². The van der Waals surface area contributed by atoms with E-state index < -0.39 is 10.0 Å². The van der Waals surface area contributed by atoms with Gasteiger partial charge in [0.25, 0.3) is 0 Å². The highest BCUT2D eigenvalue weighted by Gasteiger charge is 2.27. The molecule has 0 aromatic carbocycles. The van der Waals surface area contributed by atoms with Gasteiger partial charge in [-0.2, -0.15) is 0 Å². The van der Waals surface area contributed by atoms with Gasteiger partial charge in [0.05, 0.1) is 6.04 Å². The second-order valence-corrected chi connectivity index (χ2v) is 6.68. The molecule has 2 heterocycles. The Balaban J connectivity index is 2.31. The summed E-state index contributed by atoms with van der Waals surface area (Å²) >= 11 is 1.42. The molecule has 104 valence electrons. The zero-order chi connectivity index (χ0) is 14.0. The van der Waals surface area contributed by atoms with Gasteiger partial charge in [0.15, 0.2) is 5.76 Å². The van der Waals surface area contributed by atoms with E-state index in [1.165, 1.54) is 11.3 Å². The number of sulfonamides is 1. The second kappa shape index (κ2) is 5.40. The molecule has 0 radical (unpaired) electrons. The summed E-state index contributed by atoms with van der Waals surface area (Å²) in [6.45, 7) is 5.09. The molecular formula is C11H15N3O3S2. The van der Waals surface area contributed by atoms with Crippen molar-refractivity contribution >= 4 is 21.4 Å². The van der Waals surface area contributed by atoms with Gasteiger partial charge < -0.3 is 4.52 Å². The molecule has 0 unspecified atom stereocenters. The molecule has 0 saturated heterocycles. The standard InChI is InChI=1S/C11H15N3O3S2/c1-4-9(11-12-5-6-18-11)14-19(15,16)10-7(2)13-17-8(10)3/h5-6,9,14H,4H2,1-3H3/t9-/m0/s1. The Morgan fingerprint density at radius 2 is 2.21 bits per heavy atom. The first-order valence-corrected chi connectivity index (χ1v) is 8.16. The molecule has 6 nitrogen and oxygen atoms in total. The molecule has 0 fully saturated rings. The molecule has 0 aliphatic heterocycles. The van der Waals surface area contributed by atoms with Gasteiger partial charge in [-0.25, -0.2) is 18.1 Å². The van der Waals surface area contributed by atoms with Crippen LogP contribution >= 0.6 is 11.3 Å². The number of aromatic nitrogens is 2. The average molecular weight is 301 g/mol. The van der Waals surface area contributed by atoms with Crippen LogP contribution in [0.3, 0.4) is 0 Å². The zero-order valence-corrected chi connectivity index (χ0v) is 12.5. The molecule has 0 spiro atoms. The van der Waals surface area contributed by atoms with Crippen LogP contribution in [0.4, 0.5) is 0 Å². The molecule has 1 atom stereocenters. The van der Waals surface area contributed by atoms with Gasteiger partial charge in [-0.05, 0) is 20.3 Å². The molecule has 19 heavy (non-hydrogen) atoms. The van der Waals surface area contributed by atoms with E-state index in [1.54, 1.807) is 20.0 Å². The van der Waals surface area contributed by atoms with Gasteiger partial charge in [-0.1, -0.05) is 12.1 Å². The Labute approximate surface area is 115 Å². The van der Waals surface area contributed by atoms with Crippen molar-refractivity contribution in [3.05, 3.63) is 28.0 Å². The Morgan fingerprint density at radius 3 is 2.68 bits per heavy atom. The molecule has 0 saturated carbocycles. The third kappa shape index (κ3) is 2.85. The predicted octanol–water partition coefficient (Wildman–Crippen LogP) is 2.18. The molecule has 2 aromatic heterocycles. The summed E-state index contributed by atoms with van der Waals surface area (Å²) in [5.74, 6) is 0.291. The first-order valence-electron chi connectivity index (χ1n) is 5.80. The highest BCUT2D eigenvalue weighted by Crippen LogP contribution is 2.24. The lowest BCUT2D eigenvalue weighted by Crippen LogP contribution is -2.29. The maximum absolute atomic E-state index is 12.4. The van der Waals surface area contributed by atoms with Crippen molar-refractivity contribution in [2.45, 2.75) is 38.1 Å². The highest BCUT2D eigenvalue weighted by atomic mass is 32.2. The van der Waals surface area contributed by atoms with Crippen LogP contribution in [-0.4, -0.2) is 18.6 Å². The molecular weight excluding hydrogens is 286 g/mol. The van der Waals surface area contributed by atoms with Crippen LogP contribution in [0.15, 0.2) is 21.0 Å². The summed E-state index contributed by atoms with van der Waals surface area (Å²) in [5.41, 5.74) is 0.360. The number of nitrogens with one attached hydrogen (secondary N) is 1. The summed E-state index contributed by atoms with van der Waals surface area (Å²) in [5, 5.41) is 6.24. The van der Waals surface area contributed by atoms with E-state index in [0.717, 1.165) is 5.01 Å². The minimum absolute atomic E-state index is 0.113. The Morgan fingerprint density at radius 1 is 1.47 bits per heavy atom. The maximum atomic E-state index is 12.4. The SMILES string of the molecule is CC[C@H](NS(=O)(=O)c1c(C)noc1C)c1nccs1. The third-order valence-corrected chi connectivity index (χ3v) is 5.30. The van der Waals surface area contributed by atoms with Crippen molar-refractivity contribution in [1.29, 1.82) is 0 Å². The topological polar surface area (TPSA) is 85.1 Å². The minimum Gasteiger partial charge on any atom is -0.360 e. The zero-order valence-electron chi connectivity index (χ0n) is 10.9. The molecule has 0 aliphatic rings. The average Bonchev–Trinajstić information content (AvgIpc) is 2.96. The van der Waals surface area contributed by atoms with Crippen molar-refractivity contribution < 1.29 is 12.9 Å². The van der Waals surface area contributed by atoms with Crippen molar-refractivity contribution in [3.63, 3.8) is 0 Å². The van der Waals surface area contributed by atoms with E-state index in [1.807, 2.05) is 12.3 Å². The summed E-state index contributed by atoms with van der Waals surface area (Å²) in [6, 6.07) is -0.335. The van der Waals surface area contributed by atoms with Crippen molar-refractivity contribution in [2.24, 2.45) is 0 Å². The van der Waals surface area contributed by atoms with E-state index in [2.05, 4.69) is 14.9 Å². The normalized spacial score (nSPS) is 13.6. The molecule has 0 aliphatic carbocycles. The maximum Gasteiger partial charge on any atom is 0.246 e. The van der Waals surface area contributed by atoms with Crippen LogP contribution in [-0.2, 0) is 10.0 Å². The Hall–Kier alpha value is -1.25. The molecule has 2 aromatic rings. The number of rotatable bonds is 5. The lowest BCUT2D eigenvalue weighted by molar-refractivity contribution is 0.390. The van der Waals surface area contributed by atoms with Crippen molar-refractivity contribution in [2.75, 3.05) is 0 Å². The predicted molar refractivity (Wildman–Crippen MR) is 71.4 cm³/mol. The van der Waals surface area contributed by atoms with Crippen LogP contribution in [0.25, 0.3) is 0 Å². The Kier molecular flexibility index (Phi) is 4.02. The van der Waals surface area contributed by atoms with Crippen LogP contribution in [0.2, 0.25) is 0 Å². The first kappa shape index (κ1) is 14.2. The largest absolute Gasteiger partial charge is 0.360 e. The van der Waals surface area contributed by atoms with Crippen LogP contribution in [0.1, 0.15) is 35.8 Å². The van der Waals surface area contributed by atoms with E-state index >= 15 is 0 Å². The van der Waals surface area contributed by atoms with Gasteiger partial charge >= 0.3 is 0 Å². The number of thiazole rings is 1. The lowest BCUT2D eigenvalue weighted by Gasteiger charge is -2.14. The highest BCUT2D eigenvalue weighted by molar-refractivity contribution is 7.89. The molecule has 2 rings (SSSR count). The van der Waals surface area contributed by atoms with Crippen molar-refractivity contribution in [3.8, 4) is 0 Å². The van der Waals surface area contributed by atoms with Gasteiger partial charge in [0, 0.05) is 11.6 Å². The van der Waals surface area contributed by atoms with Gasteiger partial charge in [0.2, 0.25) is 10.0 Å². The molecule has 8 heteroatoms. The number of aryl methyl sites for hydroxylation is 2. The minimum atomic E-state index is -3.66.